The van der Waals surface area contributed by atoms with E-state index in [0.717, 1.165) is 5.01 Å². The first-order chi connectivity index (χ1) is 4.50. The molecule has 0 atom stereocenters. The molecule has 0 aliphatic heterocycles. The Labute approximate surface area is 78.0 Å². The van der Waals surface area contributed by atoms with Gasteiger partial charge in [-0.25, -0.2) is 4.98 Å². The number of rotatable bonds is 1. The van der Waals surface area contributed by atoms with Crippen LogP contribution < -0.4 is 5.73 Å². The molecule has 0 radical (unpaired) electrons. The second-order valence-electron chi connectivity index (χ2n) is 2.69. The van der Waals surface area contributed by atoms with Crippen LogP contribution in [0.1, 0.15) is 18.9 Å². The van der Waals surface area contributed by atoms with E-state index in [2.05, 4.69) is 27.6 Å². The van der Waals surface area contributed by atoms with Crippen LogP contribution in [0.15, 0.2) is 6.20 Å². The van der Waals surface area contributed by atoms with Crippen molar-refractivity contribution in [2.24, 2.45) is 5.73 Å². The fraction of sp³-hybridized carbons (Fsp3) is 0.500. The highest BCUT2D eigenvalue weighted by Gasteiger charge is 2.17. The third kappa shape index (κ3) is 1.90. The lowest BCUT2D eigenvalue weighted by Gasteiger charge is -2.13. The molecule has 0 saturated carbocycles. The first-order valence-electron chi connectivity index (χ1n) is 2.91. The Balaban J connectivity index is 2.96. The number of nitrogens with two attached hydrogens (primary N) is 1. The minimum absolute atomic E-state index is 0.284. The number of halogens is 1. The summed E-state index contributed by atoms with van der Waals surface area (Å²) in [5.74, 6) is 0. The summed E-state index contributed by atoms with van der Waals surface area (Å²) in [6.07, 6.45) is 1.84. The molecule has 0 spiro atoms. The quantitative estimate of drug-likeness (QED) is 0.790. The van der Waals surface area contributed by atoms with Crippen LogP contribution in [-0.4, -0.2) is 4.98 Å². The van der Waals surface area contributed by atoms with E-state index in [-0.39, 0.29) is 5.54 Å². The molecular formula is C6H9IN2S. The molecule has 0 aliphatic carbocycles. The van der Waals surface area contributed by atoms with Crippen molar-refractivity contribution in [1.29, 1.82) is 0 Å². The topological polar surface area (TPSA) is 38.9 Å². The molecule has 4 heteroatoms. The van der Waals surface area contributed by atoms with Crippen LogP contribution in [0.4, 0.5) is 0 Å². The van der Waals surface area contributed by atoms with Crippen LogP contribution in [0.3, 0.4) is 0 Å². The largest absolute Gasteiger partial charge is 0.320 e. The van der Waals surface area contributed by atoms with Crippen molar-refractivity contribution in [3.05, 3.63) is 14.1 Å². The summed E-state index contributed by atoms with van der Waals surface area (Å²) in [6, 6.07) is 0. The third-order valence-corrected chi connectivity index (χ3v) is 3.09. The van der Waals surface area contributed by atoms with E-state index >= 15 is 0 Å². The Hall–Kier alpha value is 0.320. The van der Waals surface area contributed by atoms with Crippen LogP contribution >= 0.6 is 33.9 Å². The van der Waals surface area contributed by atoms with Gasteiger partial charge in [0, 0.05) is 0 Å². The van der Waals surface area contributed by atoms with Crippen molar-refractivity contribution < 1.29 is 0 Å². The molecule has 0 aliphatic rings. The summed E-state index contributed by atoms with van der Waals surface area (Å²) in [5, 5.41) is 0.997. The van der Waals surface area contributed by atoms with Gasteiger partial charge >= 0.3 is 0 Å². The van der Waals surface area contributed by atoms with Crippen molar-refractivity contribution in [1.82, 2.24) is 4.98 Å². The standard InChI is InChI=1S/C6H9IN2S/c1-6(2,8)5-9-3-4(7)10-5/h3H,8H2,1-2H3. The van der Waals surface area contributed by atoms with Gasteiger partial charge in [-0.1, -0.05) is 0 Å². The highest BCUT2D eigenvalue weighted by Crippen LogP contribution is 2.23. The smallest absolute Gasteiger partial charge is 0.113 e. The lowest BCUT2D eigenvalue weighted by Crippen LogP contribution is -2.28. The normalized spacial score (nSPS) is 12.0. The summed E-state index contributed by atoms with van der Waals surface area (Å²) in [5.41, 5.74) is 5.53. The van der Waals surface area contributed by atoms with Crippen molar-refractivity contribution in [2.45, 2.75) is 19.4 Å². The molecule has 0 fully saturated rings. The fourth-order valence-corrected chi connectivity index (χ4v) is 1.98. The average Bonchev–Trinajstić information content (AvgIpc) is 2.11. The molecule has 1 heterocycles. The van der Waals surface area contributed by atoms with Gasteiger partial charge in [-0.3, -0.25) is 0 Å². The Kier molecular flexibility index (Phi) is 2.31. The fourth-order valence-electron chi connectivity index (χ4n) is 0.552. The van der Waals surface area contributed by atoms with Crippen LogP contribution in [0.25, 0.3) is 0 Å². The summed E-state index contributed by atoms with van der Waals surface area (Å²) >= 11 is 3.89. The van der Waals surface area contributed by atoms with Gasteiger partial charge < -0.3 is 5.73 Å². The molecule has 2 nitrogen and oxygen atoms in total. The van der Waals surface area contributed by atoms with Crippen molar-refractivity contribution in [3.63, 3.8) is 0 Å². The number of nitrogens with zero attached hydrogens (tertiary/aromatic N) is 1. The summed E-state index contributed by atoms with van der Waals surface area (Å²) in [4.78, 5) is 4.17. The molecule has 56 valence electrons. The molecule has 1 aromatic rings. The Bertz CT molecular complexity index is 226. The lowest BCUT2D eigenvalue weighted by molar-refractivity contribution is 0.550. The Morgan fingerprint density at radius 1 is 1.70 bits per heavy atom. The van der Waals surface area contributed by atoms with E-state index in [1.165, 1.54) is 2.88 Å². The molecule has 1 rings (SSSR count). The van der Waals surface area contributed by atoms with Gasteiger partial charge in [0.1, 0.15) is 5.01 Å². The first kappa shape index (κ1) is 8.42. The Morgan fingerprint density at radius 2 is 2.30 bits per heavy atom. The van der Waals surface area contributed by atoms with Crippen molar-refractivity contribution in [3.8, 4) is 0 Å². The highest BCUT2D eigenvalue weighted by atomic mass is 127. The molecule has 1 aromatic heterocycles. The van der Waals surface area contributed by atoms with Crippen molar-refractivity contribution in [2.75, 3.05) is 0 Å². The summed E-state index contributed by atoms with van der Waals surface area (Å²) in [7, 11) is 0. The van der Waals surface area contributed by atoms with E-state index in [4.69, 9.17) is 5.73 Å². The first-order valence-corrected chi connectivity index (χ1v) is 4.80. The average molecular weight is 268 g/mol. The van der Waals surface area contributed by atoms with E-state index < -0.39 is 0 Å². The minimum Gasteiger partial charge on any atom is -0.320 e. The van der Waals surface area contributed by atoms with E-state index in [0.29, 0.717) is 0 Å². The second-order valence-corrected chi connectivity index (χ2v) is 5.62. The number of hydrogen-bond acceptors (Lipinski definition) is 3. The van der Waals surface area contributed by atoms with Crippen LogP contribution in [0.5, 0.6) is 0 Å². The van der Waals surface area contributed by atoms with Gasteiger partial charge in [0.25, 0.3) is 0 Å². The lowest BCUT2D eigenvalue weighted by atomic mass is 10.1. The van der Waals surface area contributed by atoms with Crippen LogP contribution in [-0.2, 0) is 5.54 Å². The Morgan fingerprint density at radius 3 is 2.50 bits per heavy atom. The number of aromatic nitrogens is 1. The van der Waals surface area contributed by atoms with E-state index in [1.54, 1.807) is 11.3 Å². The van der Waals surface area contributed by atoms with E-state index in [1.807, 2.05) is 20.0 Å². The van der Waals surface area contributed by atoms with Crippen LogP contribution in [0, 0.1) is 2.88 Å². The molecule has 10 heavy (non-hydrogen) atoms. The molecular weight excluding hydrogens is 259 g/mol. The molecule has 0 saturated heterocycles. The maximum atomic E-state index is 5.81. The van der Waals surface area contributed by atoms with Gasteiger partial charge in [-0.2, -0.15) is 0 Å². The van der Waals surface area contributed by atoms with Crippen molar-refractivity contribution >= 4 is 33.9 Å². The molecule has 0 bridgehead atoms. The zero-order chi connectivity index (χ0) is 7.78. The zero-order valence-corrected chi connectivity index (χ0v) is 8.86. The number of hydrogen-bond donors (Lipinski definition) is 1. The number of thiazole rings is 1. The van der Waals surface area contributed by atoms with Crippen LogP contribution in [0.2, 0.25) is 0 Å². The second kappa shape index (κ2) is 2.75. The predicted molar refractivity (Wildman–Crippen MR) is 52.0 cm³/mol. The molecule has 0 amide bonds. The monoisotopic (exact) mass is 268 g/mol. The molecule has 0 unspecified atom stereocenters. The predicted octanol–water partition coefficient (Wildman–Crippen LogP) is 1.94. The minimum atomic E-state index is -0.284. The van der Waals surface area contributed by atoms with Gasteiger partial charge in [0.15, 0.2) is 0 Å². The third-order valence-electron chi connectivity index (χ3n) is 1.03. The maximum absolute atomic E-state index is 5.81. The van der Waals surface area contributed by atoms with Gasteiger partial charge in [0.05, 0.1) is 14.6 Å². The van der Waals surface area contributed by atoms with Gasteiger partial charge in [-0.15, -0.1) is 11.3 Å². The molecule has 2 N–H and O–H groups in total. The van der Waals surface area contributed by atoms with E-state index in [9.17, 15) is 0 Å². The summed E-state index contributed by atoms with van der Waals surface area (Å²) in [6.45, 7) is 3.92. The highest BCUT2D eigenvalue weighted by molar-refractivity contribution is 14.1. The van der Waals surface area contributed by atoms with Gasteiger partial charge in [0.2, 0.25) is 0 Å². The maximum Gasteiger partial charge on any atom is 0.113 e. The SMILES string of the molecule is CC(C)(N)c1ncc(I)s1. The molecule has 0 aromatic carbocycles. The zero-order valence-electron chi connectivity index (χ0n) is 5.89. The summed E-state index contributed by atoms with van der Waals surface area (Å²) < 4.78 is 1.19. The van der Waals surface area contributed by atoms with Gasteiger partial charge in [-0.05, 0) is 36.4 Å².